The Labute approximate surface area is 236 Å². The second-order valence-electron chi connectivity index (χ2n) is 9.22. The van der Waals surface area contributed by atoms with Crippen LogP contribution in [0.3, 0.4) is 0 Å². The predicted molar refractivity (Wildman–Crippen MR) is 150 cm³/mol. The molecule has 2 heterocycles. The van der Waals surface area contributed by atoms with Gasteiger partial charge in [-0.05, 0) is 65.6 Å². The van der Waals surface area contributed by atoms with Crippen molar-refractivity contribution in [2.75, 3.05) is 0 Å². The van der Waals surface area contributed by atoms with Crippen LogP contribution in [0, 0.1) is 6.92 Å². The Balaban J connectivity index is 1.53. The molecule has 1 N–H and O–H groups in total. The average Bonchev–Trinajstić information content (AvgIpc) is 3.19. The quantitative estimate of drug-likeness (QED) is 0.151. The Morgan fingerprint density at radius 3 is 2.41 bits per heavy atom. The van der Waals surface area contributed by atoms with E-state index in [-0.39, 0.29) is 22.9 Å². The topological polar surface area (TPSA) is 79.7 Å². The van der Waals surface area contributed by atoms with Gasteiger partial charge in [-0.3, -0.25) is 14.6 Å². The number of carbonyl (C=O) groups excluding carboxylic acids is 2. The minimum absolute atomic E-state index is 0.0281. The van der Waals surface area contributed by atoms with Gasteiger partial charge >= 0.3 is 0 Å². The molecular formula is C31H24Cl2N2O4. The number of aromatic nitrogens is 1. The molecule has 1 aliphatic rings. The molecule has 196 valence electrons. The molecule has 0 aliphatic carbocycles. The summed E-state index contributed by atoms with van der Waals surface area (Å²) in [6.07, 6.45) is 3.26. The molecular weight excluding hydrogens is 535 g/mol. The summed E-state index contributed by atoms with van der Waals surface area (Å²) in [5, 5.41) is 12.1. The number of ketones is 1. The lowest BCUT2D eigenvalue weighted by atomic mass is 9.94. The number of hydrogen-bond acceptors (Lipinski definition) is 5. The van der Waals surface area contributed by atoms with Crippen LogP contribution in [0.5, 0.6) is 5.75 Å². The van der Waals surface area contributed by atoms with Crippen molar-refractivity contribution in [1.82, 2.24) is 9.88 Å². The van der Waals surface area contributed by atoms with Gasteiger partial charge in [0, 0.05) is 24.5 Å². The highest BCUT2D eigenvalue weighted by Crippen LogP contribution is 2.42. The van der Waals surface area contributed by atoms with Gasteiger partial charge < -0.3 is 14.7 Å². The van der Waals surface area contributed by atoms with E-state index in [4.69, 9.17) is 27.9 Å². The van der Waals surface area contributed by atoms with E-state index in [0.29, 0.717) is 28.5 Å². The fraction of sp³-hybridized carbons (Fsp3) is 0.129. The molecule has 3 aromatic carbocycles. The molecule has 0 bridgehead atoms. The summed E-state index contributed by atoms with van der Waals surface area (Å²) in [5.74, 6) is -1.14. The molecule has 1 fully saturated rings. The predicted octanol–water partition coefficient (Wildman–Crippen LogP) is 6.90. The summed E-state index contributed by atoms with van der Waals surface area (Å²) in [6.45, 7) is 2.36. The fourth-order valence-electron chi connectivity index (χ4n) is 4.61. The molecule has 1 aromatic heterocycles. The molecule has 1 atom stereocenters. The van der Waals surface area contributed by atoms with Crippen LogP contribution in [0.1, 0.15) is 33.9 Å². The Hall–Kier alpha value is -4.13. The lowest BCUT2D eigenvalue weighted by molar-refractivity contribution is -0.140. The number of nitrogens with zero attached hydrogens (tertiary/aromatic N) is 2. The molecule has 0 unspecified atom stereocenters. The Bertz CT molecular complexity index is 1570. The smallest absolute Gasteiger partial charge is 0.295 e. The summed E-state index contributed by atoms with van der Waals surface area (Å²) in [7, 11) is 0. The molecule has 0 radical (unpaired) electrons. The third-order valence-electron chi connectivity index (χ3n) is 6.56. The number of benzene rings is 3. The Morgan fingerprint density at radius 1 is 0.949 bits per heavy atom. The zero-order valence-corrected chi connectivity index (χ0v) is 22.5. The number of aliphatic hydroxyl groups excluding tert-OH is 1. The molecule has 6 nitrogen and oxygen atoms in total. The van der Waals surface area contributed by atoms with Gasteiger partial charge in [0.05, 0.1) is 21.7 Å². The molecule has 1 saturated heterocycles. The maximum atomic E-state index is 13.4. The SMILES string of the molecule is Cc1cc(C(O)=C2C(=O)C(=O)N(Cc3cccnc3)[C@@H]2c2ccc(Cl)c(Cl)c2)ccc1OCc1ccccc1. The lowest BCUT2D eigenvalue weighted by Gasteiger charge is -2.25. The highest BCUT2D eigenvalue weighted by atomic mass is 35.5. The molecule has 0 spiro atoms. The first-order chi connectivity index (χ1) is 18.8. The first-order valence-electron chi connectivity index (χ1n) is 12.2. The number of pyridine rings is 1. The van der Waals surface area contributed by atoms with Crippen molar-refractivity contribution in [2.24, 2.45) is 0 Å². The van der Waals surface area contributed by atoms with Crippen molar-refractivity contribution in [1.29, 1.82) is 0 Å². The molecule has 4 aromatic rings. The van der Waals surface area contributed by atoms with Crippen LogP contribution in [-0.2, 0) is 22.7 Å². The normalized spacial score (nSPS) is 16.5. The van der Waals surface area contributed by atoms with Crippen molar-refractivity contribution in [3.8, 4) is 5.75 Å². The van der Waals surface area contributed by atoms with E-state index in [1.807, 2.05) is 43.3 Å². The number of halogens is 2. The third kappa shape index (κ3) is 5.53. The molecule has 0 saturated carbocycles. The van der Waals surface area contributed by atoms with Crippen LogP contribution >= 0.6 is 23.2 Å². The Kier molecular flexibility index (Phi) is 7.68. The first kappa shape index (κ1) is 26.5. The monoisotopic (exact) mass is 558 g/mol. The number of amides is 1. The van der Waals surface area contributed by atoms with Gasteiger partial charge in [0.1, 0.15) is 18.1 Å². The fourth-order valence-corrected chi connectivity index (χ4v) is 4.92. The van der Waals surface area contributed by atoms with Crippen LogP contribution in [0.25, 0.3) is 5.76 Å². The lowest BCUT2D eigenvalue weighted by Crippen LogP contribution is -2.29. The van der Waals surface area contributed by atoms with Gasteiger partial charge in [-0.1, -0.05) is 65.7 Å². The largest absolute Gasteiger partial charge is 0.507 e. The van der Waals surface area contributed by atoms with Crippen LogP contribution in [0.15, 0.2) is 96.8 Å². The van der Waals surface area contributed by atoms with E-state index in [9.17, 15) is 14.7 Å². The van der Waals surface area contributed by atoms with Crippen molar-refractivity contribution >= 4 is 40.7 Å². The van der Waals surface area contributed by atoms with E-state index >= 15 is 0 Å². The van der Waals surface area contributed by atoms with E-state index in [2.05, 4.69) is 4.98 Å². The zero-order valence-electron chi connectivity index (χ0n) is 21.0. The van der Waals surface area contributed by atoms with Crippen molar-refractivity contribution in [3.05, 3.63) is 135 Å². The van der Waals surface area contributed by atoms with Crippen LogP contribution in [0.4, 0.5) is 0 Å². The molecule has 39 heavy (non-hydrogen) atoms. The number of Topliss-reactive ketones (excluding diaryl/α,β-unsaturated/α-hetero) is 1. The number of carbonyl (C=O) groups is 2. The molecule has 5 rings (SSSR count). The second-order valence-corrected chi connectivity index (χ2v) is 10.0. The summed E-state index contributed by atoms with van der Waals surface area (Å²) in [6, 6.07) is 22.5. The zero-order chi connectivity index (χ0) is 27.5. The van der Waals surface area contributed by atoms with Crippen LogP contribution in [0.2, 0.25) is 10.0 Å². The number of rotatable bonds is 7. The van der Waals surface area contributed by atoms with Crippen LogP contribution < -0.4 is 4.74 Å². The first-order valence-corrected chi connectivity index (χ1v) is 13.0. The summed E-state index contributed by atoms with van der Waals surface area (Å²) in [5.41, 5.74) is 3.45. The van der Waals surface area contributed by atoms with Gasteiger partial charge in [0.25, 0.3) is 11.7 Å². The maximum Gasteiger partial charge on any atom is 0.295 e. The maximum absolute atomic E-state index is 13.4. The number of hydrogen-bond donors (Lipinski definition) is 1. The van der Waals surface area contributed by atoms with Crippen molar-refractivity contribution < 1.29 is 19.4 Å². The minimum atomic E-state index is -0.880. The highest BCUT2D eigenvalue weighted by Gasteiger charge is 2.46. The van der Waals surface area contributed by atoms with Gasteiger partial charge in [0.2, 0.25) is 0 Å². The van der Waals surface area contributed by atoms with Crippen molar-refractivity contribution in [2.45, 2.75) is 26.1 Å². The number of ether oxygens (including phenoxy) is 1. The van der Waals surface area contributed by atoms with Crippen LogP contribution in [-0.4, -0.2) is 26.7 Å². The van der Waals surface area contributed by atoms with Gasteiger partial charge in [0.15, 0.2) is 0 Å². The average molecular weight is 559 g/mol. The molecule has 1 aliphatic heterocycles. The van der Waals surface area contributed by atoms with E-state index < -0.39 is 17.7 Å². The molecule has 1 amide bonds. The minimum Gasteiger partial charge on any atom is -0.507 e. The van der Waals surface area contributed by atoms with E-state index in [0.717, 1.165) is 16.7 Å². The summed E-state index contributed by atoms with van der Waals surface area (Å²) >= 11 is 12.4. The Morgan fingerprint density at radius 2 is 1.72 bits per heavy atom. The number of aryl methyl sites for hydroxylation is 1. The van der Waals surface area contributed by atoms with E-state index in [1.165, 1.54) is 4.90 Å². The standard InChI is InChI=1S/C31H24Cl2N2O4/c1-19-14-23(10-12-26(19)39-18-20-6-3-2-4-7-20)29(36)27-28(22-9-11-24(32)25(33)15-22)35(31(38)30(27)37)17-21-8-5-13-34-16-21/h2-16,28,36H,17-18H2,1H3/t28-/m1/s1. The second kappa shape index (κ2) is 11.3. The van der Waals surface area contributed by atoms with Gasteiger partial charge in [-0.15, -0.1) is 0 Å². The van der Waals surface area contributed by atoms with Gasteiger partial charge in [-0.2, -0.15) is 0 Å². The highest BCUT2D eigenvalue weighted by molar-refractivity contribution is 6.46. The van der Waals surface area contributed by atoms with Crippen molar-refractivity contribution in [3.63, 3.8) is 0 Å². The third-order valence-corrected chi connectivity index (χ3v) is 7.30. The molecule has 8 heteroatoms. The van der Waals surface area contributed by atoms with Gasteiger partial charge in [-0.25, -0.2) is 0 Å². The van der Waals surface area contributed by atoms with E-state index in [1.54, 1.807) is 54.9 Å². The summed E-state index contributed by atoms with van der Waals surface area (Å²) < 4.78 is 5.96. The number of aliphatic hydroxyl groups is 1. The number of likely N-dealkylation sites (tertiary alicyclic amines) is 1. The summed E-state index contributed by atoms with van der Waals surface area (Å²) in [4.78, 5) is 32.1.